The number of hydrogen-bond donors (Lipinski definition) is 2. The molecule has 2 heterocycles. The van der Waals surface area contributed by atoms with Crippen molar-refractivity contribution in [3.05, 3.63) is 100 Å². The Morgan fingerprint density at radius 2 is 1.71 bits per heavy atom. The van der Waals surface area contributed by atoms with Crippen molar-refractivity contribution in [1.82, 2.24) is 4.98 Å². The van der Waals surface area contributed by atoms with Crippen LogP contribution < -0.4 is 20.1 Å². The van der Waals surface area contributed by atoms with Crippen LogP contribution in [-0.4, -0.2) is 25.1 Å². The number of amides is 1. The van der Waals surface area contributed by atoms with Gasteiger partial charge in [0, 0.05) is 22.2 Å². The molecule has 0 unspecified atom stereocenters. The van der Waals surface area contributed by atoms with Gasteiger partial charge in [-0.2, -0.15) is 0 Å². The van der Waals surface area contributed by atoms with Gasteiger partial charge in [0.1, 0.15) is 10.8 Å². The van der Waals surface area contributed by atoms with E-state index in [1.54, 1.807) is 43.9 Å². The van der Waals surface area contributed by atoms with E-state index in [1.165, 1.54) is 0 Å². The topological polar surface area (TPSA) is 72.5 Å². The Morgan fingerprint density at radius 1 is 0.941 bits per heavy atom. The number of nitrogens with zero attached hydrogens (tertiary/aromatic N) is 1. The number of benzene rings is 2. The maximum Gasteiger partial charge on any atom is 0.256 e. The molecule has 0 saturated heterocycles. The van der Waals surface area contributed by atoms with Crippen molar-refractivity contribution in [2.24, 2.45) is 0 Å². The van der Waals surface area contributed by atoms with Crippen LogP contribution in [0.4, 0.5) is 10.8 Å². The predicted molar refractivity (Wildman–Crippen MR) is 137 cm³/mol. The van der Waals surface area contributed by atoms with Gasteiger partial charge in [-0.25, -0.2) is 4.98 Å². The first-order valence-corrected chi connectivity index (χ1v) is 11.7. The number of methoxy groups -OCH3 is 2. The van der Waals surface area contributed by atoms with Crippen molar-refractivity contribution >= 4 is 28.1 Å². The van der Waals surface area contributed by atoms with Gasteiger partial charge in [-0.15, -0.1) is 11.3 Å². The van der Waals surface area contributed by atoms with Gasteiger partial charge in [-0.3, -0.25) is 4.79 Å². The van der Waals surface area contributed by atoms with E-state index in [9.17, 15) is 4.79 Å². The standard InChI is InChI=1S/C27H27N3O3S/c1-17-12-13-28-24(14-17)29-25(20-10-11-22(32-3)23(16-20)33-4)21-15-18(2)34-27(21)30-26(31)19-8-6-5-7-9-19/h5-16,25H,1-4H3,(H,28,29)(H,30,31)/t25-/m0/s1. The van der Waals surface area contributed by atoms with Crippen molar-refractivity contribution in [2.75, 3.05) is 24.9 Å². The highest BCUT2D eigenvalue weighted by atomic mass is 32.1. The second-order valence-electron chi connectivity index (χ2n) is 7.87. The highest BCUT2D eigenvalue weighted by molar-refractivity contribution is 7.16. The molecule has 2 aromatic carbocycles. The first kappa shape index (κ1) is 23.3. The van der Waals surface area contributed by atoms with Gasteiger partial charge in [0.25, 0.3) is 5.91 Å². The van der Waals surface area contributed by atoms with Crippen LogP contribution in [0, 0.1) is 13.8 Å². The van der Waals surface area contributed by atoms with Crippen LogP contribution in [-0.2, 0) is 0 Å². The number of aromatic nitrogens is 1. The van der Waals surface area contributed by atoms with Crippen molar-refractivity contribution < 1.29 is 14.3 Å². The smallest absolute Gasteiger partial charge is 0.256 e. The van der Waals surface area contributed by atoms with Crippen molar-refractivity contribution in [1.29, 1.82) is 0 Å². The molecule has 4 rings (SSSR count). The Labute approximate surface area is 203 Å². The molecule has 6 nitrogen and oxygen atoms in total. The molecule has 0 saturated carbocycles. The number of anilines is 2. The third kappa shape index (κ3) is 5.21. The van der Waals surface area contributed by atoms with Crippen molar-refractivity contribution in [3.63, 3.8) is 0 Å². The molecule has 0 fully saturated rings. The second kappa shape index (κ2) is 10.4. The summed E-state index contributed by atoms with van der Waals surface area (Å²) in [6.45, 7) is 4.06. The molecule has 0 aliphatic heterocycles. The van der Waals surface area contributed by atoms with E-state index in [0.29, 0.717) is 17.1 Å². The molecule has 7 heteroatoms. The van der Waals surface area contributed by atoms with E-state index >= 15 is 0 Å². The first-order chi connectivity index (χ1) is 16.5. The number of carbonyl (C=O) groups is 1. The summed E-state index contributed by atoms with van der Waals surface area (Å²) in [5.41, 5.74) is 3.61. The minimum atomic E-state index is -0.287. The zero-order chi connectivity index (χ0) is 24.1. The number of rotatable bonds is 8. The lowest BCUT2D eigenvalue weighted by Crippen LogP contribution is -2.17. The lowest BCUT2D eigenvalue weighted by molar-refractivity contribution is 0.102. The molecule has 1 amide bonds. The van der Waals surface area contributed by atoms with Crippen LogP contribution in [0.2, 0.25) is 0 Å². The zero-order valence-electron chi connectivity index (χ0n) is 19.6. The van der Waals surface area contributed by atoms with Crippen LogP contribution >= 0.6 is 11.3 Å². The largest absolute Gasteiger partial charge is 0.493 e. The normalized spacial score (nSPS) is 11.5. The Balaban J connectivity index is 1.77. The molecule has 4 aromatic rings. The number of nitrogens with one attached hydrogen (secondary N) is 2. The van der Waals surface area contributed by atoms with Crippen LogP contribution in [0.5, 0.6) is 11.5 Å². The lowest BCUT2D eigenvalue weighted by atomic mass is 9.99. The molecule has 174 valence electrons. The van der Waals surface area contributed by atoms with Gasteiger partial charge < -0.3 is 20.1 Å². The molecule has 0 radical (unpaired) electrons. The fourth-order valence-electron chi connectivity index (χ4n) is 3.75. The first-order valence-electron chi connectivity index (χ1n) is 10.9. The van der Waals surface area contributed by atoms with Gasteiger partial charge in [0.05, 0.1) is 20.3 Å². The van der Waals surface area contributed by atoms with Crippen LogP contribution in [0.15, 0.2) is 72.9 Å². The van der Waals surface area contributed by atoms with Crippen LogP contribution in [0.3, 0.4) is 0 Å². The summed E-state index contributed by atoms with van der Waals surface area (Å²) in [6.07, 6.45) is 1.78. The number of carbonyl (C=O) groups excluding carboxylic acids is 1. The summed E-state index contributed by atoms with van der Waals surface area (Å²) in [6, 6.07) is 20.8. The number of aryl methyl sites for hydroxylation is 2. The quantitative estimate of drug-likeness (QED) is 0.317. The Kier molecular flexibility index (Phi) is 7.13. The number of hydrogen-bond acceptors (Lipinski definition) is 6. The van der Waals surface area contributed by atoms with Gasteiger partial charge in [-0.1, -0.05) is 24.3 Å². The summed E-state index contributed by atoms with van der Waals surface area (Å²) in [5.74, 6) is 1.87. The third-order valence-corrected chi connectivity index (χ3v) is 6.39. The monoisotopic (exact) mass is 473 g/mol. The molecule has 34 heavy (non-hydrogen) atoms. The third-order valence-electron chi connectivity index (χ3n) is 5.41. The number of ether oxygens (including phenoxy) is 2. The zero-order valence-corrected chi connectivity index (χ0v) is 20.4. The van der Waals surface area contributed by atoms with E-state index in [1.807, 2.05) is 62.4 Å². The fraction of sp³-hybridized carbons (Fsp3) is 0.185. The summed E-state index contributed by atoms with van der Waals surface area (Å²) in [7, 11) is 3.23. The van der Waals surface area contributed by atoms with Gasteiger partial charge in [0.2, 0.25) is 0 Å². The Morgan fingerprint density at radius 3 is 2.41 bits per heavy atom. The number of pyridine rings is 1. The van der Waals surface area contributed by atoms with E-state index in [2.05, 4.69) is 21.7 Å². The molecular weight excluding hydrogens is 446 g/mol. The Hall–Kier alpha value is -3.84. The highest BCUT2D eigenvalue weighted by Gasteiger charge is 2.23. The molecule has 1 atom stereocenters. The highest BCUT2D eigenvalue weighted by Crippen LogP contribution is 2.40. The van der Waals surface area contributed by atoms with Crippen LogP contribution in [0.25, 0.3) is 0 Å². The molecule has 2 N–H and O–H groups in total. The SMILES string of the molecule is COc1ccc([C@H](Nc2cc(C)ccn2)c2cc(C)sc2NC(=O)c2ccccc2)cc1OC. The van der Waals surface area contributed by atoms with Gasteiger partial charge >= 0.3 is 0 Å². The van der Waals surface area contributed by atoms with Crippen molar-refractivity contribution in [2.45, 2.75) is 19.9 Å². The molecule has 0 aliphatic rings. The van der Waals surface area contributed by atoms with E-state index in [-0.39, 0.29) is 11.9 Å². The molecule has 0 spiro atoms. The predicted octanol–water partition coefficient (Wildman–Crippen LogP) is 6.23. The van der Waals surface area contributed by atoms with E-state index < -0.39 is 0 Å². The average molecular weight is 474 g/mol. The summed E-state index contributed by atoms with van der Waals surface area (Å²) in [5, 5.41) is 7.45. The molecular formula is C27H27N3O3S. The number of thiophene rings is 1. The Bertz CT molecular complexity index is 1290. The lowest BCUT2D eigenvalue weighted by Gasteiger charge is -2.22. The molecule has 0 bridgehead atoms. The van der Waals surface area contributed by atoms with Crippen molar-refractivity contribution in [3.8, 4) is 11.5 Å². The van der Waals surface area contributed by atoms with E-state index in [4.69, 9.17) is 9.47 Å². The summed E-state index contributed by atoms with van der Waals surface area (Å²) >= 11 is 1.54. The van der Waals surface area contributed by atoms with Gasteiger partial charge in [0.15, 0.2) is 11.5 Å². The fourth-order valence-corrected chi connectivity index (χ4v) is 4.69. The van der Waals surface area contributed by atoms with Gasteiger partial charge in [-0.05, 0) is 67.4 Å². The maximum atomic E-state index is 12.9. The molecule has 2 aromatic heterocycles. The minimum absolute atomic E-state index is 0.150. The maximum absolute atomic E-state index is 12.9. The minimum Gasteiger partial charge on any atom is -0.493 e. The van der Waals surface area contributed by atoms with E-state index in [0.717, 1.165) is 32.4 Å². The summed E-state index contributed by atoms with van der Waals surface area (Å²) < 4.78 is 11.0. The second-order valence-corrected chi connectivity index (χ2v) is 9.13. The average Bonchev–Trinajstić information content (AvgIpc) is 3.22. The summed E-state index contributed by atoms with van der Waals surface area (Å²) in [4.78, 5) is 18.5. The molecule has 0 aliphatic carbocycles. The van der Waals surface area contributed by atoms with Crippen LogP contribution in [0.1, 0.15) is 38.0 Å².